The lowest BCUT2D eigenvalue weighted by Gasteiger charge is -2.19. The number of hydrogen-bond acceptors (Lipinski definition) is 5. The average molecular weight is 544 g/mol. The molecule has 0 spiro atoms. The van der Waals surface area contributed by atoms with Crippen LogP contribution in [-0.2, 0) is 27.7 Å². The van der Waals surface area contributed by atoms with Gasteiger partial charge in [-0.05, 0) is 55.3 Å². The first kappa shape index (κ1) is 25.2. The number of benzene rings is 3. The number of nitrogens with zero attached hydrogens (tertiary/aromatic N) is 3. The van der Waals surface area contributed by atoms with Crippen molar-refractivity contribution in [1.82, 2.24) is 4.57 Å². The SMILES string of the molecule is CCOCCn1c(=NC(=O)c2ccc(S(=O)(=O)N3CCc4ccccc43)cc2)sc2cc(F)cc(F)c21. The highest BCUT2D eigenvalue weighted by Gasteiger charge is 2.30. The molecule has 0 fully saturated rings. The molecule has 0 bridgehead atoms. The maximum absolute atomic E-state index is 14.6. The van der Waals surface area contributed by atoms with Crippen LogP contribution in [0.4, 0.5) is 14.5 Å². The number of carbonyl (C=O) groups excluding carboxylic acids is 1. The zero-order valence-corrected chi connectivity index (χ0v) is 21.5. The summed E-state index contributed by atoms with van der Waals surface area (Å²) in [7, 11) is -3.80. The molecule has 192 valence electrons. The van der Waals surface area contributed by atoms with Gasteiger partial charge >= 0.3 is 0 Å². The highest BCUT2D eigenvalue weighted by atomic mass is 32.2. The van der Waals surface area contributed by atoms with Crippen molar-refractivity contribution in [2.45, 2.75) is 24.8 Å². The molecule has 3 aromatic carbocycles. The van der Waals surface area contributed by atoms with Crippen LogP contribution in [0.25, 0.3) is 10.2 Å². The van der Waals surface area contributed by atoms with Crippen LogP contribution in [0, 0.1) is 11.6 Å². The summed E-state index contributed by atoms with van der Waals surface area (Å²) >= 11 is 0.988. The van der Waals surface area contributed by atoms with Crippen molar-refractivity contribution in [3.05, 3.63) is 88.2 Å². The molecule has 5 rings (SSSR count). The number of carbonyl (C=O) groups is 1. The Kier molecular flexibility index (Phi) is 6.93. The van der Waals surface area contributed by atoms with Gasteiger partial charge in [0.05, 0.1) is 27.4 Å². The van der Waals surface area contributed by atoms with E-state index in [-0.39, 0.29) is 33.9 Å². The first-order chi connectivity index (χ1) is 17.8. The summed E-state index contributed by atoms with van der Waals surface area (Å²) < 4.78 is 63.4. The standard InChI is InChI=1S/C26H23F2N3O4S2/c1-2-35-14-13-30-24-21(28)15-19(27)16-23(24)36-26(30)29-25(32)18-7-9-20(10-8-18)37(33,34)31-12-11-17-5-3-4-6-22(17)31/h3-10,15-16H,2,11-14H2,1H3. The number of anilines is 1. The van der Waals surface area contributed by atoms with E-state index in [0.717, 1.165) is 23.0 Å². The van der Waals surface area contributed by atoms with Crippen molar-refractivity contribution in [3.8, 4) is 0 Å². The monoisotopic (exact) mass is 543 g/mol. The number of hydrogen-bond donors (Lipinski definition) is 0. The van der Waals surface area contributed by atoms with Gasteiger partial charge < -0.3 is 9.30 Å². The highest BCUT2D eigenvalue weighted by Crippen LogP contribution is 2.32. The number of amides is 1. The van der Waals surface area contributed by atoms with Crippen LogP contribution < -0.4 is 9.11 Å². The number of fused-ring (bicyclic) bond motifs is 2. The minimum Gasteiger partial charge on any atom is -0.380 e. The fourth-order valence-electron chi connectivity index (χ4n) is 4.33. The zero-order chi connectivity index (χ0) is 26.2. The summed E-state index contributed by atoms with van der Waals surface area (Å²) in [4.78, 5) is 17.4. The van der Waals surface area contributed by atoms with Gasteiger partial charge in [0.2, 0.25) is 0 Å². The molecule has 0 saturated heterocycles. The van der Waals surface area contributed by atoms with Crippen molar-refractivity contribution in [2.24, 2.45) is 4.99 Å². The van der Waals surface area contributed by atoms with Crippen LogP contribution in [0.2, 0.25) is 0 Å². The van der Waals surface area contributed by atoms with E-state index in [0.29, 0.717) is 30.0 Å². The van der Waals surface area contributed by atoms with Crippen LogP contribution in [-0.4, -0.2) is 38.7 Å². The molecule has 4 aromatic rings. The molecular weight excluding hydrogens is 520 g/mol. The van der Waals surface area contributed by atoms with Gasteiger partial charge in [0.15, 0.2) is 10.6 Å². The van der Waals surface area contributed by atoms with Crippen LogP contribution in [0.5, 0.6) is 0 Å². The average Bonchev–Trinajstić information content (AvgIpc) is 3.46. The smallest absolute Gasteiger partial charge is 0.279 e. The Bertz CT molecular complexity index is 1660. The molecular formula is C26H23F2N3O4S2. The van der Waals surface area contributed by atoms with Crippen molar-refractivity contribution in [3.63, 3.8) is 0 Å². The van der Waals surface area contributed by atoms with E-state index in [1.54, 1.807) is 12.1 Å². The number of thiazole rings is 1. The van der Waals surface area contributed by atoms with Crippen LogP contribution in [0.3, 0.4) is 0 Å². The first-order valence-electron chi connectivity index (χ1n) is 11.7. The molecule has 37 heavy (non-hydrogen) atoms. The predicted octanol–water partition coefficient (Wildman–Crippen LogP) is 4.51. The van der Waals surface area contributed by atoms with Gasteiger partial charge in [-0.15, -0.1) is 0 Å². The molecule has 1 aliphatic heterocycles. The molecule has 0 N–H and O–H groups in total. The predicted molar refractivity (Wildman–Crippen MR) is 137 cm³/mol. The number of para-hydroxylation sites is 1. The van der Waals surface area contributed by atoms with Gasteiger partial charge in [0.25, 0.3) is 15.9 Å². The summed E-state index contributed by atoms with van der Waals surface area (Å²) in [6, 6.07) is 14.9. The van der Waals surface area contributed by atoms with Crippen LogP contribution in [0.15, 0.2) is 70.6 Å². The van der Waals surface area contributed by atoms with Crippen molar-refractivity contribution in [1.29, 1.82) is 0 Å². The Morgan fingerprint density at radius 1 is 1.11 bits per heavy atom. The Balaban J connectivity index is 1.46. The number of ether oxygens (including phenoxy) is 1. The van der Waals surface area contributed by atoms with E-state index >= 15 is 0 Å². The molecule has 0 saturated carbocycles. The second-order valence-electron chi connectivity index (χ2n) is 8.36. The molecule has 0 atom stereocenters. The molecule has 0 unspecified atom stereocenters. The van der Waals surface area contributed by atoms with E-state index in [1.807, 2.05) is 19.1 Å². The number of halogens is 2. The highest BCUT2D eigenvalue weighted by molar-refractivity contribution is 7.92. The fraction of sp³-hybridized carbons (Fsp3) is 0.231. The van der Waals surface area contributed by atoms with E-state index < -0.39 is 27.6 Å². The zero-order valence-electron chi connectivity index (χ0n) is 19.9. The first-order valence-corrected chi connectivity index (χ1v) is 13.9. The molecule has 1 aliphatic rings. The molecule has 11 heteroatoms. The lowest BCUT2D eigenvalue weighted by molar-refractivity contribution is 0.0996. The molecule has 1 amide bonds. The van der Waals surface area contributed by atoms with Crippen molar-refractivity contribution < 1.29 is 26.7 Å². The molecule has 1 aromatic heterocycles. The summed E-state index contributed by atoms with van der Waals surface area (Å²) in [6.07, 6.45) is 0.633. The second-order valence-corrected chi connectivity index (χ2v) is 11.2. The summed E-state index contributed by atoms with van der Waals surface area (Å²) in [6.45, 7) is 3.11. The third-order valence-corrected chi connectivity index (χ3v) is 8.94. The number of aromatic nitrogens is 1. The molecule has 7 nitrogen and oxygen atoms in total. The third kappa shape index (κ3) is 4.81. The topological polar surface area (TPSA) is 81.0 Å². The lowest BCUT2D eigenvalue weighted by Crippen LogP contribution is -2.29. The summed E-state index contributed by atoms with van der Waals surface area (Å²) in [5.41, 5.74) is 1.93. The van der Waals surface area contributed by atoms with Gasteiger partial charge in [-0.25, -0.2) is 17.2 Å². The van der Waals surface area contributed by atoms with Crippen molar-refractivity contribution in [2.75, 3.05) is 24.1 Å². The minimum absolute atomic E-state index is 0.0620. The normalized spacial score (nSPS) is 13.9. The van der Waals surface area contributed by atoms with Gasteiger partial charge in [0.1, 0.15) is 5.82 Å². The Labute approximate surface area is 216 Å². The maximum atomic E-state index is 14.6. The van der Waals surface area contributed by atoms with Crippen LogP contribution >= 0.6 is 11.3 Å². The van der Waals surface area contributed by atoms with Crippen molar-refractivity contribution >= 4 is 43.2 Å². The maximum Gasteiger partial charge on any atom is 0.279 e. The Hall–Kier alpha value is -3.41. The molecule has 2 heterocycles. The van der Waals surface area contributed by atoms with Crippen LogP contribution in [0.1, 0.15) is 22.8 Å². The Morgan fingerprint density at radius 3 is 2.62 bits per heavy atom. The second kappa shape index (κ2) is 10.2. The van der Waals surface area contributed by atoms with E-state index in [4.69, 9.17) is 4.74 Å². The third-order valence-electron chi connectivity index (χ3n) is 6.09. The van der Waals surface area contributed by atoms with E-state index in [1.165, 1.54) is 39.2 Å². The van der Waals surface area contributed by atoms with Gasteiger partial charge in [-0.2, -0.15) is 4.99 Å². The molecule has 0 radical (unpaired) electrons. The fourth-order valence-corrected chi connectivity index (χ4v) is 6.92. The Morgan fingerprint density at radius 2 is 1.86 bits per heavy atom. The number of rotatable bonds is 7. The quantitative estimate of drug-likeness (QED) is 0.321. The largest absolute Gasteiger partial charge is 0.380 e. The minimum atomic E-state index is -3.80. The lowest BCUT2D eigenvalue weighted by atomic mass is 10.2. The summed E-state index contributed by atoms with van der Waals surface area (Å²) in [5, 5.41) is 0. The van der Waals surface area contributed by atoms with Gasteiger partial charge in [-0.3, -0.25) is 9.10 Å². The van der Waals surface area contributed by atoms with E-state index in [2.05, 4.69) is 4.99 Å². The van der Waals surface area contributed by atoms with Gasteiger partial charge in [0, 0.05) is 31.3 Å². The molecule has 0 aliphatic carbocycles. The summed E-state index contributed by atoms with van der Waals surface area (Å²) in [5.74, 6) is -2.11. The van der Waals surface area contributed by atoms with Gasteiger partial charge in [-0.1, -0.05) is 29.5 Å². The van der Waals surface area contributed by atoms with E-state index in [9.17, 15) is 22.0 Å². The number of sulfonamides is 1.